The first-order valence-electron chi connectivity index (χ1n) is 10.5. The first-order valence-corrected chi connectivity index (χ1v) is 10.5. The smallest absolute Gasteiger partial charge is 0.320 e. The van der Waals surface area contributed by atoms with Gasteiger partial charge in [0.1, 0.15) is 6.20 Å². The highest BCUT2D eigenvalue weighted by Gasteiger charge is 2.53. The van der Waals surface area contributed by atoms with Crippen molar-refractivity contribution >= 4 is 17.3 Å². The number of rotatable bonds is 4. The van der Waals surface area contributed by atoms with Gasteiger partial charge in [0.05, 0.1) is 10.5 Å². The molecule has 7 heteroatoms. The minimum Gasteiger partial charge on any atom is -0.320 e. The van der Waals surface area contributed by atoms with E-state index in [1.54, 1.807) is 4.68 Å². The first-order chi connectivity index (χ1) is 13.8. The molecule has 6 rings (SSSR count). The predicted octanol–water partition coefficient (Wildman–Crippen LogP) is 4.59. The van der Waals surface area contributed by atoms with Crippen LogP contribution in [0.3, 0.4) is 0 Å². The molecule has 1 amide bonds. The van der Waals surface area contributed by atoms with Crippen LogP contribution in [0.4, 0.5) is 11.4 Å². The van der Waals surface area contributed by atoms with E-state index in [2.05, 4.69) is 10.4 Å². The zero-order chi connectivity index (χ0) is 20.3. The van der Waals surface area contributed by atoms with E-state index in [1.807, 2.05) is 32.0 Å². The zero-order valence-electron chi connectivity index (χ0n) is 16.9. The van der Waals surface area contributed by atoms with Gasteiger partial charge < -0.3 is 5.32 Å². The number of nitro groups is 1. The van der Waals surface area contributed by atoms with Gasteiger partial charge >= 0.3 is 5.69 Å². The number of amides is 1. The summed E-state index contributed by atoms with van der Waals surface area (Å²) in [4.78, 5) is 24.2. The van der Waals surface area contributed by atoms with Gasteiger partial charge in [0.25, 0.3) is 5.91 Å². The van der Waals surface area contributed by atoms with Crippen molar-refractivity contribution in [1.82, 2.24) is 9.78 Å². The zero-order valence-corrected chi connectivity index (χ0v) is 16.9. The van der Waals surface area contributed by atoms with Gasteiger partial charge in [-0.1, -0.05) is 12.1 Å². The van der Waals surface area contributed by atoms with Crippen molar-refractivity contribution in [3.8, 4) is 0 Å². The summed E-state index contributed by atoms with van der Waals surface area (Å²) in [7, 11) is 0. The fourth-order valence-electron chi connectivity index (χ4n) is 6.30. The van der Waals surface area contributed by atoms with Crippen LogP contribution in [0, 0.1) is 41.7 Å². The Kier molecular flexibility index (Phi) is 4.05. The number of hydrogen-bond donors (Lipinski definition) is 1. The maximum atomic E-state index is 13.0. The van der Waals surface area contributed by atoms with Crippen molar-refractivity contribution in [2.75, 3.05) is 5.32 Å². The van der Waals surface area contributed by atoms with E-state index >= 15 is 0 Å². The van der Waals surface area contributed by atoms with Crippen molar-refractivity contribution in [3.63, 3.8) is 0 Å². The molecule has 4 aliphatic rings. The number of anilines is 1. The normalized spacial score (nSPS) is 29.8. The minimum absolute atomic E-state index is 0.0911. The lowest BCUT2D eigenvalue weighted by Crippen LogP contribution is -2.52. The maximum Gasteiger partial charge on any atom is 0.320 e. The lowest BCUT2D eigenvalue weighted by Gasteiger charge is -2.56. The molecule has 1 heterocycles. The Hall–Kier alpha value is -2.70. The Labute approximate surface area is 169 Å². The standard InChI is InChI=1S/C22H26N4O3/c1-13-3-4-14(2)18(5-13)23-21(27)20-19(26(28)29)12-25(24-20)22-9-15-6-16(10-22)8-17(7-15)11-22/h3-5,12,15-17H,6-11H2,1-2H3,(H,23,27). The van der Waals surface area contributed by atoms with Gasteiger partial charge in [-0.15, -0.1) is 0 Å². The molecular weight excluding hydrogens is 368 g/mol. The largest absolute Gasteiger partial charge is 0.320 e. The van der Waals surface area contributed by atoms with E-state index in [0.717, 1.165) is 30.4 Å². The average Bonchev–Trinajstić information content (AvgIpc) is 3.10. The SMILES string of the molecule is Cc1ccc(C)c(NC(=O)c2nn(C34CC5CC(CC(C5)C3)C4)cc2[N+](=O)[O-])c1. The Morgan fingerprint density at radius 2 is 1.79 bits per heavy atom. The van der Waals surface area contributed by atoms with Crippen molar-refractivity contribution < 1.29 is 9.72 Å². The Morgan fingerprint density at radius 3 is 2.38 bits per heavy atom. The van der Waals surface area contributed by atoms with Gasteiger partial charge in [-0.25, -0.2) is 0 Å². The summed E-state index contributed by atoms with van der Waals surface area (Å²) >= 11 is 0. The molecular formula is C22H26N4O3. The molecule has 7 nitrogen and oxygen atoms in total. The highest BCUT2D eigenvalue weighted by molar-refractivity contribution is 6.05. The fourth-order valence-corrected chi connectivity index (χ4v) is 6.30. The van der Waals surface area contributed by atoms with Crippen molar-refractivity contribution in [1.29, 1.82) is 0 Å². The highest BCUT2D eigenvalue weighted by Crippen LogP contribution is 2.58. The molecule has 0 spiro atoms. The molecule has 4 bridgehead atoms. The molecule has 2 aromatic rings. The molecule has 1 aromatic heterocycles. The van der Waals surface area contributed by atoms with E-state index in [1.165, 1.54) is 25.5 Å². The summed E-state index contributed by atoms with van der Waals surface area (Å²) in [5.74, 6) is 1.55. The van der Waals surface area contributed by atoms with Gasteiger partial charge in [-0.3, -0.25) is 19.6 Å². The van der Waals surface area contributed by atoms with Crippen LogP contribution in [0.1, 0.15) is 60.1 Å². The lowest BCUT2D eigenvalue weighted by molar-refractivity contribution is -0.385. The number of aryl methyl sites for hydroxylation is 2. The molecule has 1 aromatic carbocycles. The average molecular weight is 394 g/mol. The summed E-state index contributed by atoms with van der Waals surface area (Å²) < 4.78 is 1.79. The van der Waals surface area contributed by atoms with Crippen molar-refractivity contribution in [2.45, 2.75) is 57.9 Å². The molecule has 0 saturated heterocycles. The van der Waals surface area contributed by atoms with Crippen LogP contribution in [-0.2, 0) is 5.54 Å². The van der Waals surface area contributed by atoms with Gasteiger partial charge in [-0.2, -0.15) is 5.10 Å². The highest BCUT2D eigenvalue weighted by atomic mass is 16.6. The van der Waals surface area contributed by atoms with Crippen LogP contribution in [0.25, 0.3) is 0 Å². The second kappa shape index (κ2) is 6.40. The quantitative estimate of drug-likeness (QED) is 0.607. The van der Waals surface area contributed by atoms with E-state index in [0.29, 0.717) is 23.4 Å². The van der Waals surface area contributed by atoms with E-state index in [4.69, 9.17) is 0 Å². The molecule has 4 aliphatic carbocycles. The maximum absolute atomic E-state index is 13.0. The van der Waals surface area contributed by atoms with Crippen LogP contribution >= 0.6 is 0 Å². The van der Waals surface area contributed by atoms with E-state index in [9.17, 15) is 14.9 Å². The third-order valence-corrected chi connectivity index (χ3v) is 7.24. The van der Waals surface area contributed by atoms with Gasteiger partial charge in [0.2, 0.25) is 5.69 Å². The van der Waals surface area contributed by atoms with Gasteiger partial charge in [-0.05, 0) is 87.3 Å². The van der Waals surface area contributed by atoms with Crippen LogP contribution in [-0.4, -0.2) is 20.6 Å². The molecule has 0 atom stereocenters. The first kappa shape index (κ1) is 18.3. The summed E-state index contributed by atoms with van der Waals surface area (Å²) in [5, 5.41) is 19.1. The van der Waals surface area contributed by atoms with Crippen molar-refractivity contribution in [3.05, 3.63) is 51.3 Å². The third kappa shape index (κ3) is 3.03. The van der Waals surface area contributed by atoms with Gasteiger partial charge in [0, 0.05) is 5.69 Å². The number of carbonyl (C=O) groups is 1. The second-order valence-corrected chi connectivity index (χ2v) is 9.48. The topological polar surface area (TPSA) is 90.1 Å². The predicted molar refractivity (Wildman–Crippen MR) is 109 cm³/mol. The summed E-state index contributed by atoms with van der Waals surface area (Å²) in [6.45, 7) is 3.84. The molecule has 4 fully saturated rings. The molecule has 29 heavy (non-hydrogen) atoms. The minimum atomic E-state index is -0.520. The Balaban J connectivity index is 1.49. The molecule has 0 unspecified atom stereocenters. The van der Waals surface area contributed by atoms with Gasteiger partial charge in [0.15, 0.2) is 0 Å². The van der Waals surface area contributed by atoms with E-state index < -0.39 is 10.8 Å². The molecule has 0 aliphatic heterocycles. The molecule has 152 valence electrons. The summed E-state index contributed by atoms with van der Waals surface area (Å²) in [6.07, 6.45) is 8.42. The number of aromatic nitrogens is 2. The van der Waals surface area contributed by atoms with Crippen molar-refractivity contribution in [2.24, 2.45) is 17.8 Å². The summed E-state index contributed by atoms with van der Waals surface area (Å²) in [6, 6.07) is 5.76. The van der Waals surface area contributed by atoms with Crippen LogP contribution in [0.5, 0.6) is 0 Å². The van der Waals surface area contributed by atoms with Crippen LogP contribution < -0.4 is 5.32 Å². The number of nitrogens with one attached hydrogen (secondary N) is 1. The third-order valence-electron chi connectivity index (χ3n) is 7.24. The Bertz CT molecular complexity index is 974. The molecule has 0 radical (unpaired) electrons. The Morgan fingerprint density at radius 1 is 1.17 bits per heavy atom. The molecule has 4 saturated carbocycles. The van der Waals surface area contributed by atoms with E-state index in [-0.39, 0.29) is 16.9 Å². The summed E-state index contributed by atoms with van der Waals surface area (Å²) in [5.41, 5.74) is 2.13. The number of benzene rings is 1. The lowest BCUT2D eigenvalue weighted by atomic mass is 9.53. The molecule has 1 N–H and O–H groups in total. The number of carbonyl (C=O) groups excluding carboxylic acids is 1. The van der Waals surface area contributed by atoms with Crippen LogP contribution in [0.15, 0.2) is 24.4 Å². The number of nitrogens with zero attached hydrogens (tertiary/aromatic N) is 3. The second-order valence-electron chi connectivity index (χ2n) is 9.48. The monoisotopic (exact) mass is 394 g/mol. The fraction of sp³-hybridized carbons (Fsp3) is 0.545. The van der Waals surface area contributed by atoms with Crippen LogP contribution in [0.2, 0.25) is 0 Å². The number of hydrogen-bond acceptors (Lipinski definition) is 4.